The Bertz CT molecular complexity index is 380. The first kappa shape index (κ1) is 15.8. The van der Waals surface area contributed by atoms with E-state index in [1.165, 1.54) is 0 Å². The number of halogens is 3. The number of pyridine rings is 1. The Balaban J connectivity index is 2.44. The minimum absolute atomic E-state index is 0.0388. The van der Waals surface area contributed by atoms with Gasteiger partial charge in [-0.3, -0.25) is 4.98 Å². The summed E-state index contributed by atoms with van der Waals surface area (Å²) in [5, 5.41) is 3.22. The smallest absolute Gasteiger partial charge is 0.389 e. The van der Waals surface area contributed by atoms with Crippen LogP contribution in [0.2, 0.25) is 0 Å². The van der Waals surface area contributed by atoms with Gasteiger partial charge in [0.05, 0.1) is 6.61 Å². The van der Waals surface area contributed by atoms with Crippen LogP contribution in [0, 0.1) is 0 Å². The quantitative estimate of drug-likeness (QED) is 0.776. The molecule has 0 fully saturated rings. The van der Waals surface area contributed by atoms with Gasteiger partial charge in [0.1, 0.15) is 5.75 Å². The Labute approximate surface area is 111 Å². The molecule has 1 aromatic heterocycles. The fourth-order valence-corrected chi connectivity index (χ4v) is 1.46. The van der Waals surface area contributed by atoms with Crippen LogP contribution in [0.1, 0.15) is 32.3 Å². The summed E-state index contributed by atoms with van der Waals surface area (Å²) in [4.78, 5) is 3.99. The zero-order chi connectivity index (χ0) is 14.3. The number of aromatic nitrogens is 1. The highest BCUT2D eigenvalue weighted by atomic mass is 19.4. The van der Waals surface area contributed by atoms with Gasteiger partial charge >= 0.3 is 6.18 Å². The molecule has 0 saturated carbocycles. The molecule has 0 aliphatic heterocycles. The van der Waals surface area contributed by atoms with Crippen molar-refractivity contribution in [3.63, 3.8) is 0 Å². The molecule has 0 radical (unpaired) electrons. The molecule has 6 heteroatoms. The number of nitrogens with one attached hydrogen (secondary N) is 1. The summed E-state index contributed by atoms with van der Waals surface area (Å²) < 4.78 is 41.4. The molecular formula is C13H19F3N2O. The van der Waals surface area contributed by atoms with Crippen molar-refractivity contribution in [3.05, 3.63) is 24.0 Å². The van der Waals surface area contributed by atoms with Gasteiger partial charge in [0.2, 0.25) is 0 Å². The molecule has 0 unspecified atom stereocenters. The van der Waals surface area contributed by atoms with Gasteiger partial charge in [-0.05, 0) is 12.5 Å². The van der Waals surface area contributed by atoms with E-state index in [1.54, 1.807) is 18.5 Å². The van der Waals surface area contributed by atoms with E-state index < -0.39 is 12.6 Å². The Morgan fingerprint density at radius 2 is 2.11 bits per heavy atom. The maximum Gasteiger partial charge on any atom is 0.389 e. The molecule has 0 aliphatic rings. The molecule has 1 N–H and O–H groups in total. The highest BCUT2D eigenvalue weighted by Gasteiger charge is 2.26. The zero-order valence-electron chi connectivity index (χ0n) is 11.1. The molecule has 108 valence electrons. The second-order valence-electron chi connectivity index (χ2n) is 4.59. The molecule has 0 spiro atoms. The van der Waals surface area contributed by atoms with E-state index in [4.69, 9.17) is 4.74 Å². The first-order valence-corrected chi connectivity index (χ1v) is 6.24. The van der Waals surface area contributed by atoms with Crippen LogP contribution in [-0.4, -0.2) is 23.8 Å². The number of alkyl halides is 3. The predicted molar refractivity (Wildman–Crippen MR) is 67.0 cm³/mol. The molecular weight excluding hydrogens is 257 g/mol. The van der Waals surface area contributed by atoms with Gasteiger partial charge in [0, 0.05) is 37.0 Å². The fraction of sp³-hybridized carbons (Fsp3) is 0.615. The van der Waals surface area contributed by atoms with Gasteiger partial charge in [-0.15, -0.1) is 0 Å². The molecule has 1 rings (SSSR count). The van der Waals surface area contributed by atoms with E-state index in [9.17, 15) is 13.2 Å². The highest BCUT2D eigenvalue weighted by Crippen LogP contribution is 2.22. The molecule has 0 saturated heterocycles. The Morgan fingerprint density at radius 1 is 1.37 bits per heavy atom. The lowest BCUT2D eigenvalue weighted by molar-refractivity contribution is -0.136. The van der Waals surface area contributed by atoms with E-state index in [2.05, 4.69) is 10.3 Å². The summed E-state index contributed by atoms with van der Waals surface area (Å²) in [6.07, 6.45) is -1.75. The van der Waals surface area contributed by atoms with Crippen molar-refractivity contribution >= 4 is 0 Å². The van der Waals surface area contributed by atoms with Crippen LogP contribution in [0.3, 0.4) is 0 Å². The minimum Gasteiger partial charge on any atom is -0.493 e. The van der Waals surface area contributed by atoms with Gasteiger partial charge in [0.15, 0.2) is 0 Å². The molecule has 0 aromatic carbocycles. The summed E-state index contributed by atoms with van der Waals surface area (Å²) in [6.45, 7) is 4.67. The third kappa shape index (κ3) is 7.00. The molecule has 0 aliphatic carbocycles. The van der Waals surface area contributed by atoms with Crippen LogP contribution in [-0.2, 0) is 6.54 Å². The van der Waals surface area contributed by atoms with Crippen LogP contribution < -0.4 is 10.1 Å². The largest absolute Gasteiger partial charge is 0.493 e. The van der Waals surface area contributed by atoms with E-state index in [-0.39, 0.29) is 13.0 Å². The lowest BCUT2D eigenvalue weighted by atomic mass is 10.2. The lowest BCUT2D eigenvalue weighted by Gasteiger charge is -2.13. The fourth-order valence-electron chi connectivity index (χ4n) is 1.46. The van der Waals surface area contributed by atoms with E-state index in [0.717, 1.165) is 5.56 Å². The average molecular weight is 276 g/mol. The van der Waals surface area contributed by atoms with Gasteiger partial charge in [0.25, 0.3) is 0 Å². The number of hydrogen-bond acceptors (Lipinski definition) is 3. The van der Waals surface area contributed by atoms with Crippen LogP contribution >= 0.6 is 0 Å². The van der Waals surface area contributed by atoms with Crippen molar-refractivity contribution in [1.29, 1.82) is 0 Å². The Hall–Kier alpha value is -1.30. The van der Waals surface area contributed by atoms with Crippen LogP contribution in [0.25, 0.3) is 0 Å². The van der Waals surface area contributed by atoms with Crippen molar-refractivity contribution in [3.8, 4) is 5.75 Å². The van der Waals surface area contributed by atoms with Gasteiger partial charge in [-0.25, -0.2) is 0 Å². The number of nitrogens with zero attached hydrogens (tertiary/aromatic N) is 1. The third-order valence-corrected chi connectivity index (χ3v) is 2.42. The molecule has 0 amide bonds. The van der Waals surface area contributed by atoms with Crippen molar-refractivity contribution in [2.24, 2.45) is 0 Å². The summed E-state index contributed by atoms with van der Waals surface area (Å²) >= 11 is 0. The number of rotatable bonds is 7. The Kier molecular flexibility index (Phi) is 6.08. The minimum atomic E-state index is -4.12. The standard InChI is InChI=1S/C13H19F3N2O/c1-10(2)18-9-11-8-17-6-4-12(11)19-7-3-5-13(14,15)16/h4,6,8,10,18H,3,5,7,9H2,1-2H3. The van der Waals surface area contributed by atoms with Gasteiger partial charge in [-0.2, -0.15) is 13.2 Å². The zero-order valence-corrected chi connectivity index (χ0v) is 11.1. The first-order valence-electron chi connectivity index (χ1n) is 6.24. The topological polar surface area (TPSA) is 34.2 Å². The Morgan fingerprint density at radius 3 is 2.74 bits per heavy atom. The van der Waals surface area contributed by atoms with Crippen LogP contribution in [0.5, 0.6) is 5.75 Å². The monoisotopic (exact) mass is 276 g/mol. The average Bonchev–Trinajstić information content (AvgIpc) is 2.32. The summed E-state index contributed by atoms with van der Waals surface area (Å²) in [6, 6.07) is 1.99. The maximum absolute atomic E-state index is 12.0. The molecule has 1 aromatic rings. The van der Waals surface area contributed by atoms with Crippen molar-refractivity contribution in [1.82, 2.24) is 10.3 Å². The number of hydrogen-bond donors (Lipinski definition) is 1. The van der Waals surface area contributed by atoms with Crippen molar-refractivity contribution in [2.75, 3.05) is 6.61 Å². The van der Waals surface area contributed by atoms with Crippen LogP contribution in [0.4, 0.5) is 13.2 Å². The van der Waals surface area contributed by atoms with Gasteiger partial charge in [-0.1, -0.05) is 13.8 Å². The summed E-state index contributed by atoms with van der Waals surface area (Å²) in [5.74, 6) is 0.588. The molecule has 1 heterocycles. The maximum atomic E-state index is 12.0. The SMILES string of the molecule is CC(C)NCc1cnccc1OCCCC(F)(F)F. The summed E-state index contributed by atoms with van der Waals surface area (Å²) in [7, 11) is 0. The third-order valence-electron chi connectivity index (χ3n) is 2.42. The second-order valence-corrected chi connectivity index (χ2v) is 4.59. The normalized spacial score (nSPS) is 11.9. The first-order chi connectivity index (χ1) is 8.88. The van der Waals surface area contributed by atoms with Crippen molar-refractivity contribution < 1.29 is 17.9 Å². The molecule has 19 heavy (non-hydrogen) atoms. The summed E-state index contributed by atoms with van der Waals surface area (Å²) in [5.41, 5.74) is 0.850. The predicted octanol–water partition coefficient (Wildman–Crippen LogP) is 3.30. The molecule has 0 atom stereocenters. The van der Waals surface area contributed by atoms with E-state index in [0.29, 0.717) is 18.3 Å². The molecule has 3 nitrogen and oxygen atoms in total. The van der Waals surface area contributed by atoms with Crippen LogP contribution in [0.15, 0.2) is 18.5 Å². The highest BCUT2D eigenvalue weighted by molar-refractivity contribution is 5.29. The number of ether oxygens (including phenoxy) is 1. The lowest BCUT2D eigenvalue weighted by Crippen LogP contribution is -2.22. The van der Waals surface area contributed by atoms with Crippen molar-refractivity contribution in [2.45, 2.75) is 45.5 Å². The van der Waals surface area contributed by atoms with E-state index in [1.807, 2.05) is 13.8 Å². The molecule has 0 bridgehead atoms. The second kappa shape index (κ2) is 7.33. The van der Waals surface area contributed by atoms with E-state index >= 15 is 0 Å². The van der Waals surface area contributed by atoms with Gasteiger partial charge < -0.3 is 10.1 Å².